The van der Waals surface area contributed by atoms with Gasteiger partial charge in [-0.25, -0.2) is 5.43 Å². The minimum atomic E-state index is -0.436. The van der Waals surface area contributed by atoms with Gasteiger partial charge in [-0.1, -0.05) is 0 Å². The Labute approximate surface area is 127 Å². The highest BCUT2D eigenvalue weighted by Crippen LogP contribution is 2.23. The number of carbonyl (C=O) groups is 2. The first-order valence-corrected chi connectivity index (χ1v) is 6.42. The van der Waals surface area contributed by atoms with E-state index in [9.17, 15) is 9.59 Å². The van der Waals surface area contributed by atoms with Gasteiger partial charge in [-0.05, 0) is 24.3 Å². The first-order valence-electron chi connectivity index (χ1n) is 6.42. The second kappa shape index (κ2) is 7.07. The highest BCUT2D eigenvalue weighted by Gasteiger charge is 2.12. The van der Waals surface area contributed by atoms with Crippen molar-refractivity contribution < 1.29 is 18.7 Å². The van der Waals surface area contributed by atoms with E-state index < -0.39 is 5.91 Å². The molecular weight excluding hydrogens is 286 g/mol. The van der Waals surface area contributed by atoms with Gasteiger partial charge in [0.2, 0.25) is 5.91 Å². The quantitative estimate of drug-likeness (QED) is 0.652. The molecular formula is C15H15N3O4. The van der Waals surface area contributed by atoms with Gasteiger partial charge in [-0.3, -0.25) is 9.59 Å². The van der Waals surface area contributed by atoms with Crippen LogP contribution in [0.4, 0.5) is 5.69 Å². The van der Waals surface area contributed by atoms with E-state index in [2.05, 4.69) is 15.8 Å². The molecule has 0 aliphatic heterocycles. The van der Waals surface area contributed by atoms with Crippen LogP contribution < -0.4 is 15.5 Å². The molecule has 7 nitrogen and oxygen atoms in total. The summed E-state index contributed by atoms with van der Waals surface area (Å²) in [5, 5.41) is 6.41. The van der Waals surface area contributed by atoms with E-state index in [-0.39, 0.29) is 5.91 Å². The van der Waals surface area contributed by atoms with Crippen LogP contribution in [0, 0.1) is 0 Å². The van der Waals surface area contributed by atoms with Crippen molar-refractivity contribution in [2.45, 2.75) is 6.92 Å². The van der Waals surface area contributed by atoms with Gasteiger partial charge in [-0.15, -0.1) is 0 Å². The van der Waals surface area contributed by atoms with Crippen molar-refractivity contribution in [3.8, 4) is 5.75 Å². The van der Waals surface area contributed by atoms with Gasteiger partial charge in [0.25, 0.3) is 5.91 Å². The molecule has 1 aromatic carbocycles. The highest BCUT2D eigenvalue weighted by atomic mass is 16.5. The van der Waals surface area contributed by atoms with Crippen LogP contribution in [0.15, 0.2) is 46.1 Å². The molecule has 0 atom stereocenters. The Morgan fingerprint density at radius 2 is 2.14 bits per heavy atom. The number of amides is 2. The Bertz CT molecular complexity index is 693. The predicted octanol–water partition coefficient (Wildman–Crippen LogP) is 2.01. The first kappa shape index (κ1) is 15.3. The standard InChI is InChI=1S/C15H15N3O4/c1-10(19)17-11-5-6-13(14(8-11)21-2)15(20)18-16-9-12-4-3-7-22-12/h3-9H,1-2H3,(H,17,19)(H,18,20). The third kappa shape index (κ3) is 3.95. The molecule has 1 heterocycles. The van der Waals surface area contributed by atoms with E-state index in [1.807, 2.05) is 0 Å². The molecule has 0 fully saturated rings. The largest absolute Gasteiger partial charge is 0.496 e. The molecule has 0 radical (unpaired) electrons. The maximum absolute atomic E-state index is 12.1. The lowest BCUT2D eigenvalue weighted by atomic mass is 10.1. The summed E-state index contributed by atoms with van der Waals surface area (Å²) in [5.74, 6) is 0.210. The summed E-state index contributed by atoms with van der Waals surface area (Å²) in [7, 11) is 1.44. The lowest BCUT2D eigenvalue weighted by Crippen LogP contribution is -2.18. The zero-order valence-electron chi connectivity index (χ0n) is 12.1. The van der Waals surface area contributed by atoms with Gasteiger partial charge < -0.3 is 14.5 Å². The normalized spacial score (nSPS) is 10.5. The molecule has 2 rings (SSSR count). The summed E-state index contributed by atoms with van der Waals surface area (Å²) in [6.45, 7) is 1.40. The van der Waals surface area contributed by atoms with Crippen LogP contribution in [-0.2, 0) is 4.79 Å². The molecule has 114 valence electrons. The summed E-state index contributed by atoms with van der Waals surface area (Å²) in [6, 6.07) is 8.13. The van der Waals surface area contributed by atoms with Crippen LogP contribution >= 0.6 is 0 Å². The summed E-state index contributed by atoms with van der Waals surface area (Å²) >= 11 is 0. The molecule has 0 aliphatic rings. The Morgan fingerprint density at radius 1 is 1.32 bits per heavy atom. The third-order valence-corrected chi connectivity index (χ3v) is 2.67. The SMILES string of the molecule is COc1cc(NC(C)=O)ccc1C(=O)NN=Cc1ccco1. The maximum atomic E-state index is 12.1. The van der Waals surface area contributed by atoms with Crippen LogP contribution in [0.1, 0.15) is 23.0 Å². The number of benzene rings is 1. The predicted molar refractivity (Wildman–Crippen MR) is 81.1 cm³/mol. The fourth-order valence-corrected chi connectivity index (χ4v) is 1.74. The molecule has 7 heteroatoms. The number of rotatable bonds is 5. The average molecular weight is 301 g/mol. The third-order valence-electron chi connectivity index (χ3n) is 2.67. The molecule has 2 aromatic rings. The van der Waals surface area contributed by atoms with Gasteiger partial charge in [0, 0.05) is 18.7 Å². The first-order chi connectivity index (χ1) is 10.6. The van der Waals surface area contributed by atoms with Crippen molar-refractivity contribution in [2.75, 3.05) is 12.4 Å². The monoisotopic (exact) mass is 301 g/mol. The molecule has 2 N–H and O–H groups in total. The van der Waals surface area contributed by atoms with E-state index in [0.29, 0.717) is 22.8 Å². The minimum absolute atomic E-state index is 0.206. The lowest BCUT2D eigenvalue weighted by Gasteiger charge is -2.09. The number of hydrazone groups is 1. The molecule has 0 saturated heterocycles. The summed E-state index contributed by atoms with van der Waals surface area (Å²) in [4.78, 5) is 23.1. The molecule has 0 spiro atoms. The number of anilines is 1. The topological polar surface area (TPSA) is 92.9 Å². The van der Waals surface area contributed by atoms with Crippen molar-refractivity contribution >= 4 is 23.7 Å². The van der Waals surface area contributed by atoms with E-state index in [0.717, 1.165) is 0 Å². The van der Waals surface area contributed by atoms with Gasteiger partial charge in [0.05, 0.1) is 25.2 Å². The molecule has 0 saturated carbocycles. The zero-order chi connectivity index (χ0) is 15.9. The Balaban J connectivity index is 2.09. The number of hydrogen-bond acceptors (Lipinski definition) is 5. The van der Waals surface area contributed by atoms with Gasteiger partial charge in [0.1, 0.15) is 11.5 Å². The van der Waals surface area contributed by atoms with Crippen LogP contribution in [0.5, 0.6) is 5.75 Å². The number of nitrogens with zero attached hydrogens (tertiary/aromatic N) is 1. The maximum Gasteiger partial charge on any atom is 0.275 e. The van der Waals surface area contributed by atoms with Gasteiger partial charge in [0.15, 0.2) is 0 Å². The van der Waals surface area contributed by atoms with Crippen LogP contribution in [-0.4, -0.2) is 25.1 Å². The smallest absolute Gasteiger partial charge is 0.275 e. The number of carbonyl (C=O) groups excluding carboxylic acids is 2. The lowest BCUT2D eigenvalue weighted by molar-refractivity contribution is -0.114. The molecule has 2 amide bonds. The van der Waals surface area contributed by atoms with E-state index in [4.69, 9.17) is 9.15 Å². The van der Waals surface area contributed by atoms with Crippen molar-refractivity contribution in [1.82, 2.24) is 5.43 Å². The Hall–Kier alpha value is -3.09. The number of nitrogens with one attached hydrogen (secondary N) is 2. The summed E-state index contributed by atoms with van der Waals surface area (Å²) < 4.78 is 10.2. The van der Waals surface area contributed by atoms with Crippen molar-refractivity contribution in [3.63, 3.8) is 0 Å². The van der Waals surface area contributed by atoms with E-state index in [1.54, 1.807) is 30.3 Å². The van der Waals surface area contributed by atoms with Crippen LogP contribution in [0.2, 0.25) is 0 Å². The zero-order valence-corrected chi connectivity index (χ0v) is 12.1. The number of hydrogen-bond donors (Lipinski definition) is 2. The van der Waals surface area contributed by atoms with Crippen molar-refractivity contribution in [3.05, 3.63) is 47.9 Å². The fraction of sp³-hybridized carbons (Fsp3) is 0.133. The van der Waals surface area contributed by atoms with Crippen LogP contribution in [0.25, 0.3) is 0 Å². The van der Waals surface area contributed by atoms with Crippen LogP contribution in [0.3, 0.4) is 0 Å². The Kier molecular flexibility index (Phi) is 4.92. The second-order valence-electron chi connectivity index (χ2n) is 4.31. The highest BCUT2D eigenvalue weighted by molar-refractivity contribution is 5.98. The number of ether oxygens (including phenoxy) is 1. The Morgan fingerprint density at radius 3 is 2.77 bits per heavy atom. The summed E-state index contributed by atoms with van der Waals surface area (Å²) in [5.41, 5.74) is 3.22. The fourth-order valence-electron chi connectivity index (χ4n) is 1.74. The number of furan rings is 1. The van der Waals surface area contributed by atoms with Gasteiger partial charge in [-0.2, -0.15) is 5.10 Å². The van der Waals surface area contributed by atoms with E-state index in [1.165, 1.54) is 26.5 Å². The molecule has 22 heavy (non-hydrogen) atoms. The number of methoxy groups -OCH3 is 1. The molecule has 1 aromatic heterocycles. The average Bonchev–Trinajstić information content (AvgIpc) is 2.99. The molecule has 0 aliphatic carbocycles. The molecule has 0 bridgehead atoms. The van der Waals surface area contributed by atoms with Crippen molar-refractivity contribution in [1.29, 1.82) is 0 Å². The minimum Gasteiger partial charge on any atom is -0.496 e. The van der Waals surface area contributed by atoms with Gasteiger partial charge >= 0.3 is 0 Å². The van der Waals surface area contributed by atoms with E-state index >= 15 is 0 Å². The second-order valence-corrected chi connectivity index (χ2v) is 4.31. The summed E-state index contributed by atoms with van der Waals surface area (Å²) in [6.07, 6.45) is 2.89. The molecule has 0 unspecified atom stereocenters. The van der Waals surface area contributed by atoms with Crippen molar-refractivity contribution in [2.24, 2.45) is 5.10 Å².